The van der Waals surface area contributed by atoms with Gasteiger partial charge in [0.2, 0.25) is 10.0 Å². The maximum atomic E-state index is 11.6. The van der Waals surface area contributed by atoms with Crippen LogP contribution in [0.3, 0.4) is 0 Å². The van der Waals surface area contributed by atoms with Crippen molar-refractivity contribution in [2.45, 2.75) is 11.8 Å². The first-order valence-electron chi connectivity index (χ1n) is 6.87. The van der Waals surface area contributed by atoms with E-state index in [-0.39, 0.29) is 17.1 Å². The Morgan fingerprint density at radius 2 is 1.96 bits per heavy atom. The summed E-state index contributed by atoms with van der Waals surface area (Å²) >= 11 is 0. The molecule has 0 fully saturated rings. The second kappa shape index (κ2) is 7.12. The zero-order chi connectivity index (χ0) is 17.7. The Morgan fingerprint density at radius 3 is 2.50 bits per heavy atom. The van der Waals surface area contributed by atoms with Crippen LogP contribution in [0.1, 0.15) is 12.7 Å². The molecule has 0 unspecified atom stereocenters. The van der Waals surface area contributed by atoms with Crippen molar-refractivity contribution in [2.75, 3.05) is 6.61 Å². The van der Waals surface area contributed by atoms with Gasteiger partial charge in [-0.2, -0.15) is 5.26 Å². The molecule has 1 aromatic carbocycles. The Balaban J connectivity index is 2.28. The molecular weight excluding hydrogens is 332 g/mol. The Morgan fingerprint density at radius 1 is 1.29 bits per heavy atom. The lowest BCUT2D eigenvalue weighted by molar-refractivity contribution is -0.137. The standard InChI is InChI=1S/C16H14N2O5S/c1-2-22-16(19)12(10-17)9-13-5-8-15(23-13)11-3-6-14(7-4-11)24(18,20)21/h3-9H,2H2,1H3,(H2,18,20,21)/b12-9-. The van der Waals surface area contributed by atoms with E-state index < -0.39 is 16.0 Å². The number of furan rings is 1. The fourth-order valence-corrected chi connectivity index (χ4v) is 2.40. The number of hydrogen-bond acceptors (Lipinski definition) is 6. The van der Waals surface area contributed by atoms with Crippen LogP contribution in [0.5, 0.6) is 0 Å². The van der Waals surface area contributed by atoms with E-state index in [0.29, 0.717) is 17.1 Å². The molecule has 8 heteroatoms. The molecule has 1 aromatic heterocycles. The molecule has 0 amide bonds. The Kier molecular flexibility index (Phi) is 5.18. The summed E-state index contributed by atoms with van der Waals surface area (Å²) < 4.78 is 32.8. The molecule has 0 spiro atoms. The summed E-state index contributed by atoms with van der Waals surface area (Å²) in [5.41, 5.74) is 0.444. The second-order valence-electron chi connectivity index (χ2n) is 4.66. The van der Waals surface area contributed by atoms with Crippen LogP contribution < -0.4 is 5.14 Å². The monoisotopic (exact) mass is 346 g/mol. The predicted octanol–water partition coefficient (Wildman–Crippen LogP) is 2.06. The quantitative estimate of drug-likeness (QED) is 0.502. The number of hydrogen-bond donors (Lipinski definition) is 1. The molecule has 0 bridgehead atoms. The Bertz CT molecular complexity index is 918. The summed E-state index contributed by atoms with van der Waals surface area (Å²) in [5.74, 6) is 0.0175. The molecule has 0 aliphatic rings. The third kappa shape index (κ3) is 4.10. The maximum absolute atomic E-state index is 11.6. The van der Waals surface area contributed by atoms with Gasteiger partial charge in [0.25, 0.3) is 0 Å². The molecule has 7 nitrogen and oxygen atoms in total. The highest BCUT2D eigenvalue weighted by molar-refractivity contribution is 7.89. The number of benzene rings is 1. The van der Waals surface area contributed by atoms with E-state index in [0.717, 1.165) is 0 Å². The number of nitrogens with two attached hydrogens (primary N) is 1. The summed E-state index contributed by atoms with van der Waals surface area (Å²) in [7, 11) is -3.76. The van der Waals surface area contributed by atoms with Gasteiger partial charge >= 0.3 is 5.97 Å². The van der Waals surface area contributed by atoms with Crippen LogP contribution in [-0.4, -0.2) is 21.0 Å². The van der Waals surface area contributed by atoms with E-state index in [2.05, 4.69) is 0 Å². The van der Waals surface area contributed by atoms with E-state index >= 15 is 0 Å². The van der Waals surface area contributed by atoms with Gasteiger partial charge in [0.1, 0.15) is 23.2 Å². The summed E-state index contributed by atoms with van der Waals surface area (Å²) in [6.45, 7) is 1.81. The van der Waals surface area contributed by atoms with Crippen molar-refractivity contribution in [1.82, 2.24) is 0 Å². The molecule has 2 N–H and O–H groups in total. The third-order valence-electron chi connectivity index (χ3n) is 3.00. The molecule has 24 heavy (non-hydrogen) atoms. The molecule has 0 saturated heterocycles. The van der Waals surface area contributed by atoms with Gasteiger partial charge < -0.3 is 9.15 Å². The lowest BCUT2D eigenvalue weighted by Gasteiger charge is -2.00. The van der Waals surface area contributed by atoms with Crippen molar-refractivity contribution in [1.29, 1.82) is 5.26 Å². The first kappa shape index (κ1) is 17.5. The minimum absolute atomic E-state index is 0.00740. The fourth-order valence-electron chi connectivity index (χ4n) is 1.88. The number of ether oxygens (including phenoxy) is 1. The lowest BCUT2D eigenvalue weighted by Crippen LogP contribution is -2.11. The molecule has 0 aliphatic heterocycles. The Labute approximate surface area is 139 Å². The molecule has 124 valence electrons. The van der Waals surface area contributed by atoms with Crippen LogP contribution in [0.4, 0.5) is 0 Å². The van der Waals surface area contributed by atoms with E-state index in [1.54, 1.807) is 37.3 Å². The number of sulfonamides is 1. The largest absolute Gasteiger partial charge is 0.462 e. The van der Waals surface area contributed by atoms with Gasteiger partial charge in [-0.3, -0.25) is 0 Å². The van der Waals surface area contributed by atoms with Crippen LogP contribution in [0.2, 0.25) is 0 Å². The highest BCUT2D eigenvalue weighted by atomic mass is 32.2. The highest BCUT2D eigenvalue weighted by Gasteiger charge is 2.12. The van der Waals surface area contributed by atoms with Gasteiger partial charge in [-0.15, -0.1) is 0 Å². The fraction of sp³-hybridized carbons (Fsp3) is 0.125. The second-order valence-corrected chi connectivity index (χ2v) is 6.22. The molecule has 0 aliphatic carbocycles. The van der Waals surface area contributed by atoms with Gasteiger partial charge in [-0.05, 0) is 43.3 Å². The lowest BCUT2D eigenvalue weighted by atomic mass is 10.2. The molecule has 0 radical (unpaired) electrons. The average molecular weight is 346 g/mol. The van der Waals surface area contributed by atoms with E-state index in [1.165, 1.54) is 18.2 Å². The molecule has 2 aromatic rings. The topological polar surface area (TPSA) is 123 Å². The minimum Gasteiger partial charge on any atom is -0.462 e. The predicted molar refractivity (Wildman–Crippen MR) is 85.7 cm³/mol. The smallest absolute Gasteiger partial charge is 0.349 e. The van der Waals surface area contributed by atoms with Crippen LogP contribution in [0.25, 0.3) is 17.4 Å². The minimum atomic E-state index is -3.76. The van der Waals surface area contributed by atoms with E-state index in [4.69, 9.17) is 19.6 Å². The average Bonchev–Trinajstić information content (AvgIpc) is 3.00. The van der Waals surface area contributed by atoms with Crippen molar-refractivity contribution < 1.29 is 22.4 Å². The maximum Gasteiger partial charge on any atom is 0.349 e. The van der Waals surface area contributed by atoms with Gasteiger partial charge in [-0.1, -0.05) is 0 Å². The van der Waals surface area contributed by atoms with Crippen molar-refractivity contribution >= 4 is 22.1 Å². The van der Waals surface area contributed by atoms with Gasteiger partial charge in [0.05, 0.1) is 11.5 Å². The molecule has 0 atom stereocenters. The molecule has 0 saturated carbocycles. The normalized spacial score (nSPS) is 11.8. The number of esters is 1. The molecule has 2 rings (SSSR count). The van der Waals surface area contributed by atoms with Crippen LogP contribution >= 0.6 is 0 Å². The van der Waals surface area contributed by atoms with Gasteiger partial charge in [-0.25, -0.2) is 18.4 Å². The first-order valence-corrected chi connectivity index (χ1v) is 8.41. The number of nitrogens with zero attached hydrogens (tertiary/aromatic N) is 1. The van der Waals surface area contributed by atoms with Gasteiger partial charge in [0, 0.05) is 11.6 Å². The van der Waals surface area contributed by atoms with E-state index in [1.807, 2.05) is 0 Å². The van der Waals surface area contributed by atoms with Crippen molar-refractivity contribution in [3.63, 3.8) is 0 Å². The third-order valence-corrected chi connectivity index (χ3v) is 3.93. The van der Waals surface area contributed by atoms with Crippen LogP contribution in [0.15, 0.2) is 51.3 Å². The summed E-state index contributed by atoms with van der Waals surface area (Å²) in [6, 6.07) is 10.8. The molecule has 1 heterocycles. The highest BCUT2D eigenvalue weighted by Crippen LogP contribution is 2.24. The summed E-state index contributed by atoms with van der Waals surface area (Å²) in [5, 5.41) is 14.0. The van der Waals surface area contributed by atoms with Crippen molar-refractivity contribution in [2.24, 2.45) is 5.14 Å². The molecular formula is C16H14N2O5S. The number of carbonyl (C=O) groups is 1. The number of primary sulfonamides is 1. The Hall–Kier alpha value is -2.89. The number of rotatable bonds is 5. The van der Waals surface area contributed by atoms with Crippen molar-refractivity contribution in [3.8, 4) is 17.4 Å². The van der Waals surface area contributed by atoms with Crippen LogP contribution in [-0.2, 0) is 19.6 Å². The number of nitriles is 1. The number of carbonyl (C=O) groups excluding carboxylic acids is 1. The zero-order valence-electron chi connectivity index (χ0n) is 12.7. The van der Waals surface area contributed by atoms with E-state index in [9.17, 15) is 13.2 Å². The summed E-state index contributed by atoms with van der Waals surface area (Å²) in [4.78, 5) is 11.6. The summed E-state index contributed by atoms with van der Waals surface area (Å²) in [6.07, 6.45) is 1.28. The first-order chi connectivity index (χ1) is 11.3. The van der Waals surface area contributed by atoms with Crippen LogP contribution in [0, 0.1) is 11.3 Å². The zero-order valence-corrected chi connectivity index (χ0v) is 13.5. The van der Waals surface area contributed by atoms with Crippen molar-refractivity contribution in [3.05, 3.63) is 47.7 Å². The van der Waals surface area contributed by atoms with Gasteiger partial charge in [0.15, 0.2) is 0 Å². The SMILES string of the molecule is CCOC(=O)/C(C#N)=C\c1ccc(-c2ccc(S(N)(=O)=O)cc2)o1.